The molecule has 1 aromatic rings. The Morgan fingerprint density at radius 2 is 2.19 bits per heavy atom. The van der Waals surface area contributed by atoms with Crippen molar-refractivity contribution in [2.75, 3.05) is 19.7 Å². The number of morpholine rings is 1. The minimum atomic E-state index is -3.50. The first-order valence-electron chi connectivity index (χ1n) is 7.41. The highest BCUT2D eigenvalue weighted by molar-refractivity contribution is 7.89. The Bertz CT molecular complexity index is 606. The van der Waals surface area contributed by atoms with Crippen LogP contribution < -0.4 is 5.32 Å². The average molecular weight is 314 g/mol. The van der Waals surface area contributed by atoms with Crippen LogP contribution in [-0.2, 0) is 21.3 Å². The van der Waals surface area contributed by atoms with Crippen LogP contribution in [0.1, 0.15) is 31.3 Å². The van der Waals surface area contributed by atoms with E-state index in [2.05, 4.69) is 5.32 Å². The van der Waals surface area contributed by atoms with Crippen molar-refractivity contribution in [1.82, 2.24) is 9.62 Å². The van der Waals surface area contributed by atoms with Crippen LogP contribution in [0, 0.1) is 6.92 Å². The lowest BCUT2D eigenvalue weighted by Gasteiger charge is -2.30. The molecule has 2 aliphatic rings. The average Bonchev–Trinajstić information content (AvgIpc) is 3.19. The fraction of sp³-hybridized carbons (Fsp3) is 0.714. The van der Waals surface area contributed by atoms with Crippen molar-refractivity contribution in [2.24, 2.45) is 0 Å². The van der Waals surface area contributed by atoms with Gasteiger partial charge in [-0.1, -0.05) is 0 Å². The van der Waals surface area contributed by atoms with Crippen LogP contribution in [0.5, 0.6) is 0 Å². The molecule has 21 heavy (non-hydrogen) atoms. The number of nitrogens with zero attached hydrogens (tertiary/aromatic N) is 1. The van der Waals surface area contributed by atoms with Gasteiger partial charge in [0.1, 0.15) is 16.4 Å². The molecule has 0 bridgehead atoms. The van der Waals surface area contributed by atoms with E-state index in [9.17, 15) is 8.42 Å². The number of furan rings is 1. The van der Waals surface area contributed by atoms with Crippen molar-refractivity contribution < 1.29 is 17.6 Å². The predicted octanol–water partition coefficient (Wildman–Crippen LogP) is 1.25. The fourth-order valence-electron chi connectivity index (χ4n) is 2.54. The second-order valence-corrected chi connectivity index (χ2v) is 7.74. The van der Waals surface area contributed by atoms with Crippen molar-refractivity contribution >= 4 is 10.0 Å². The molecule has 0 radical (unpaired) electrons. The van der Waals surface area contributed by atoms with Gasteiger partial charge < -0.3 is 14.5 Å². The van der Waals surface area contributed by atoms with Crippen LogP contribution in [0.25, 0.3) is 0 Å². The van der Waals surface area contributed by atoms with Crippen LogP contribution in [0.4, 0.5) is 0 Å². The zero-order chi connectivity index (χ0) is 15.0. The van der Waals surface area contributed by atoms with Crippen LogP contribution >= 0.6 is 0 Å². The third-order valence-corrected chi connectivity index (χ3v) is 5.86. The SMILES string of the molecule is Cc1oc(CNC2CC2)cc1S(=O)(=O)N1CCOC(C)C1. The van der Waals surface area contributed by atoms with E-state index in [4.69, 9.17) is 9.15 Å². The first kappa shape index (κ1) is 15.0. The van der Waals surface area contributed by atoms with E-state index in [0.29, 0.717) is 43.8 Å². The number of sulfonamides is 1. The molecule has 0 aromatic carbocycles. The number of hydrogen-bond acceptors (Lipinski definition) is 5. The van der Waals surface area contributed by atoms with Crippen LogP contribution in [0.15, 0.2) is 15.4 Å². The van der Waals surface area contributed by atoms with Gasteiger partial charge in [-0.2, -0.15) is 4.31 Å². The Kier molecular flexibility index (Phi) is 4.09. The van der Waals surface area contributed by atoms with E-state index in [0.717, 1.165) is 0 Å². The monoisotopic (exact) mass is 314 g/mol. The second kappa shape index (κ2) is 5.72. The van der Waals surface area contributed by atoms with Crippen LogP contribution in [0.3, 0.4) is 0 Å². The van der Waals surface area contributed by atoms with E-state index >= 15 is 0 Å². The lowest BCUT2D eigenvalue weighted by molar-refractivity contribution is 0.0101. The molecule has 1 unspecified atom stereocenters. The summed E-state index contributed by atoms with van der Waals surface area (Å²) in [5.41, 5.74) is 0. The zero-order valence-corrected chi connectivity index (χ0v) is 13.3. The summed E-state index contributed by atoms with van der Waals surface area (Å²) in [5, 5.41) is 3.33. The summed E-state index contributed by atoms with van der Waals surface area (Å²) < 4.78 is 37.9. The van der Waals surface area contributed by atoms with Gasteiger partial charge in [-0.05, 0) is 26.7 Å². The lowest BCUT2D eigenvalue weighted by Crippen LogP contribution is -2.44. The summed E-state index contributed by atoms with van der Waals surface area (Å²) in [5.74, 6) is 1.14. The first-order valence-corrected chi connectivity index (χ1v) is 8.85. The molecule has 3 rings (SSSR count). The molecule has 1 N–H and O–H groups in total. The molecule has 0 amide bonds. The molecule has 1 atom stereocenters. The number of nitrogens with one attached hydrogen (secondary N) is 1. The molecule has 1 saturated heterocycles. The van der Waals surface area contributed by atoms with Crippen molar-refractivity contribution in [3.63, 3.8) is 0 Å². The van der Waals surface area contributed by atoms with E-state index < -0.39 is 10.0 Å². The summed E-state index contributed by atoms with van der Waals surface area (Å²) in [6.07, 6.45) is 2.31. The fourth-order valence-corrected chi connectivity index (χ4v) is 4.23. The van der Waals surface area contributed by atoms with Gasteiger partial charge in [0.15, 0.2) is 0 Å². The van der Waals surface area contributed by atoms with Gasteiger partial charge >= 0.3 is 0 Å². The predicted molar refractivity (Wildman–Crippen MR) is 77.5 cm³/mol. The summed E-state index contributed by atoms with van der Waals surface area (Å²) >= 11 is 0. The maximum Gasteiger partial charge on any atom is 0.246 e. The summed E-state index contributed by atoms with van der Waals surface area (Å²) in [7, 11) is -3.50. The molecular formula is C14H22N2O4S. The summed E-state index contributed by atoms with van der Waals surface area (Å²) in [4.78, 5) is 0.282. The topological polar surface area (TPSA) is 71.8 Å². The molecule has 2 heterocycles. The Morgan fingerprint density at radius 3 is 2.86 bits per heavy atom. The highest BCUT2D eigenvalue weighted by Crippen LogP contribution is 2.26. The second-order valence-electron chi connectivity index (χ2n) is 5.83. The Labute approximate surface area is 125 Å². The van der Waals surface area contributed by atoms with Crippen molar-refractivity contribution in [3.05, 3.63) is 17.6 Å². The minimum Gasteiger partial charge on any atom is -0.464 e. The van der Waals surface area contributed by atoms with Crippen molar-refractivity contribution in [1.29, 1.82) is 0 Å². The lowest BCUT2D eigenvalue weighted by atomic mass is 10.3. The van der Waals surface area contributed by atoms with Crippen LogP contribution in [0.2, 0.25) is 0 Å². The van der Waals surface area contributed by atoms with Gasteiger partial charge in [0.05, 0.1) is 19.3 Å². The molecule has 1 saturated carbocycles. The largest absolute Gasteiger partial charge is 0.464 e. The molecule has 1 aliphatic heterocycles. The number of rotatable bonds is 5. The first-order chi connectivity index (χ1) is 9.96. The van der Waals surface area contributed by atoms with Gasteiger partial charge in [-0.15, -0.1) is 0 Å². The van der Waals surface area contributed by atoms with Gasteiger partial charge in [-0.3, -0.25) is 0 Å². The maximum atomic E-state index is 12.7. The highest BCUT2D eigenvalue weighted by Gasteiger charge is 2.32. The summed E-state index contributed by atoms with van der Waals surface area (Å²) in [6.45, 7) is 5.40. The van der Waals surface area contributed by atoms with Gasteiger partial charge in [0, 0.05) is 25.2 Å². The van der Waals surface area contributed by atoms with Gasteiger partial charge in [-0.25, -0.2) is 8.42 Å². The maximum absolute atomic E-state index is 12.7. The number of hydrogen-bond donors (Lipinski definition) is 1. The standard InChI is InChI=1S/C14H22N2O4S/c1-10-9-16(5-6-19-10)21(17,18)14-7-13(20-11(14)2)8-15-12-3-4-12/h7,10,12,15H,3-6,8-9H2,1-2H3. The van der Waals surface area contributed by atoms with Crippen molar-refractivity contribution in [2.45, 2.75) is 50.3 Å². The summed E-state index contributed by atoms with van der Waals surface area (Å²) in [6, 6.07) is 2.22. The zero-order valence-electron chi connectivity index (χ0n) is 12.5. The Morgan fingerprint density at radius 1 is 1.43 bits per heavy atom. The molecule has 6 nitrogen and oxygen atoms in total. The van der Waals surface area contributed by atoms with Crippen LogP contribution in [-0.4, -0.2) is 44.6 Å². The van der Waals surface area contributed by atoms with E-state index in [1.54, 1.807) is 13.0 Å². The van der Waals surface area contributed by atoms with Gasteiger partial charge in [0.2, 0.25) is 10.0 Å². The normalized spacial score (nSPS) is 24.4. The number of ether oxygens (including phenoxy) is 1. The number of aryl methyl sites for hydroxylation is 1. The molecular weight excluding hydrogens is 292 g/mol. The van der Waals surface area contributed by atoms with E-state index in [1.807, 2.05) is 6.92 Å². The van der Waals surface area contributed by atoms with Gasteiger partial charge in [0.25, 0.3) is 0 Å². The molecule has 1 aromatic heterocycles. The van der Waals surface area contributed by atoms with E-state index in [1.165, 1.54) is 17.1 Å². The smallest absolute Gasteiger partial charge is 0.246 e. The van der Waals surface area contributed by atoms with E-state index in [-0.39, 0.29) is 11.0 Å². The Hall–Kier alpha value is -0.890. The van der Waals surface area contributed by atoms with Crippen molar-refractivity contribution in [3.8, 4) is 0 Å². The third kappa shape index (κ3) is 3.31. The highest BCUT2D eigenvalue weighted by atomic mass is 32.2. The Balaban J connectivity index is 1.77. The minimum absolute atomic E-state index is 0.0725. The molecule has 1 aliphatic carbocycles. The molecule has 0 spiro atoms. The molecule has 2 fully saturated rings. The molecule has 118 valence electrons. The quantitative estimate of drug-likeness (QED) is 0.885. The molecule has 7 heteroatoms. The third-order valence-electron chi connectivity index (χ3n) is 3.89.